The number of alkyl halides is 3. The third-order valence-corrected chi connectivity index (χ3v) is 11.0. The Morgan fingerprint density at radius 1 is 1.11 bits per heavy atom. The molecule has 4 heterocycles. The number of halogens is 3. The number of fused-ring (bicyclic) bond motifs is 1. The summed E-state index contributed by atoms with van der Waals surface area (Å²) in [5, 5.41) is 17.4. The van der Waals surface area contributed by atoms with E-state index in [1.807, 2.05) is 41.8 Å². The number of piperazine rings is 1. The minimum atomic E-state index is -4.30. The Morgan fingerprint density at radius 2 is 1.83 bits per heavy atom. The average molecular weight is 744 g/mol. The molecule has 292 valence electrons. The van der Waals surface area contributed by atoms with Gasteiger partial charge in [-0.1, -0.05) is 46.3 Å². The maximum Gasteiger partial charge on any atom is 0.392 e. The minimum absolute atomic E-state index is 0.0513. The maximum absolute atomic E-state index is 14.7. The lowest BCUT2D eigenvalue weighted by Gasteiger charge is -2.45. The number of likely N-dealkylation sites (N-methyl/N-ethyl adjacent to an activating group) is 1. The van der Waals surface area contributed by atoms with Crippen LogP contribution in [0.25, 0.3) is 0 Å². The molecule has 53 heavy (non-hydrogen) atoms. The largest absolute Gasteiger partial charge is 0.504 e. The van der Waals surface area contributed by atoms with Crippen LogP contribution in [-0.2, 0) is 4.79 Å². The molecule has 1 aromatic heterocycles. The third kappa shape index (κ3) is 8.49. The molecule has 2 amide bonds. The molecule has 0 saturated carbocycles. The third-order valence-electron chi connectivity index (χ3n) is 11.0. The Labute approximate surface area is 311 Å². The standard InChI is InChI=1S/C38H56F3N9O3/c1-8-14-28(44-25(5)21-29(24(4)9-2)38(39,40)41)22-49-30(10-3)32(36(53)50-37(49)45-34(46(50)7)27-15-12-11-13-16-27)47-17-19-48(20-18-47)35(52)31-33(51)26(6)42-23-43-31/h14-15,23-25,29,34,44,51H,8-13,16-22H2,1-7H3/b28-14+. The fraction of sp³-hybridized carbons (Fsp3) is 0.658. The average Bonchev–Trinajstić information content (AvgIpc) is 3.49. The van der Waals surface area contributed by atoms with Gasteiger partial charge in [0.15, 0.2) is 11.4 Å². The van der Waals surface area contributed by atoms with Crippen LogP contribution in [0, 0.1) is 18.8 Å². The van der Waals surface area contributed by atoms with Crippen molar-refractivity contribution in [1.29, 1.82) is 0 Å². The lowest BCUT2D eigenvalue weighted by molar-refractivity contribution is -0.190. The number of guanidine groups is 1. The van der Waals surface area contributed by atoms with E-state index in [0.29, 0.717) is 62.8 Å². The highest BCUT2D eigenvalue weighted by Gasteiger charge is 2.48. The van der Waals surface area contributed by atoms with Crippen LogP contribution < -0.4 is 5.32 Å². The molecule has 1 aromatic rings. The van der Waals surface area contributed by atoms with Crippen LogP contribution in [0.5, 0.6) is 5.75 Å². The molecule has 12 nitrogen and oxygen atoms in total. The van der Waals surface area contributed by atoms with Gasteiger partial charge in [0.05, 0.1) is 23.9 Å². The highest BCUT2D eigenvalue weighted by atomic mass is 19.4. The zero-order valence-electron chi connectivity index (χ0n) is 32.2. The highest BCUT2D eigenvalue weighted by molar-refractivity contribution is 6.09. The van der Waals surface area contributed by atoms with E-state index in [4.69, 9.17) is 4.99 Å². The predicted octanol–water partition coefficient (Wildman–Crippen LogP) is 5.94. The number of aromatic hydroxyl groups is 1. The lowest BCUT2D eigenvalue weighted by atomic mass is 9.86. The summed E-state index contributed by atoms with van der Waals surface area (Å²) in [4.78, 5) is 46.9. The Morgan fingerprint density at radius 3 is 2.43 bits per heavy atom. The summed E-state index contributed by atoms with van der Waals surface area (Å²) in [7, 11) is 1.88. The number of hydrazine groups is 1. The molecule has 15 heteroatoms. The van der Waals surface area contributed by atoms with E-state index < -0.39 is 30.0 Å². The Bertz CT molecular complexity index is 1630. The van der Waals surface area contributed by atoms with Crippen molar-refractivity contribution < 1.29 is 27.9 Å². The van der Waals surface area contributed by atoms with E-state index >= 15 is 0 Å². The lowest BCUT2D eigenvalue weighted by Crippen LogP contribution is -2.60. The first-order valence-electron chi connectivity index (χ1n) is 19.1. The van der Waals surface area contributed by atoms with Crippen molar-refractivity contribution in [3.63, 3.8) is 0 Å². The molecule has 4 unspecified atom stereocenters. The zero-order chi connectivity index (χ0) is 38.6. The molecule has 1 aliphatic carbocycles. The molecule has 5 rings (SSSR count). The van der Waals surface area contributed by atoms with Crippen LogP contribution in [0.4, 0.5) is 13.2 Å². The van der Waals surface area contributed by atoms with Gasteiger partial charge in [-0.15, -0.1) is 0 Å². The number of aliphatic imine (C=N–C) groups is 1. The summed E-state index contributed by atoms with van der Waals surface area (Å²) in [6, 6.07) is -0.457. The van der Waals surface area contributed by atoms with E-state index in [0.717, 1.165) is 37.1 Å². The first kappa shape index (κ1) is 40.1. The van der Waals surface area contributed by atoms with E-state index in [1.54, 1.807) is 37.6 Å². The van der Waals surface area contributed by atoms with Crippen LogP contribution in [-0.4, -0.2) is 116 Å². The summed E-state index contributed by atoms with van der Waals surface area (Å²) < 4.78 is 42.4. The van der Waals surface area contributed by atoms with Gasteiger partial charge in [0.2, 0.25) is 5.96 Å². The fourth-order valence-corrected chi connectivity index (χ4v) is 7.87. The van der Waals surface area contributed by atoms with Gasteiger partial charge in [0, 0.05) is 45.0 Å². The van der Waals surface area contributed by atoms with Gasteiger partial charge in [0.25, 0.3) is 11.8 Å². The summed E-state index contributed by atoms with van der Waals surface area (Å²) in [5.41, 5.74) is 3.49. The zero-order valence-corrected chi connectivity index (χ0v) is 32.2. The molecule has 2 N–H and O–H groups in total. The summed E-state index contributed by atoms with van der Waals surface area (Å²) in [6.07, 6.45) is 6.41. The van der Waals surface area contributed by atoms with Gasteiger partial charge in [-0.3, -0.25) is 9.59 Å². The molecule has 0 bridgehead atoms. The molecule has 0 aromatic carbocycles. The number of hydrogen-bond acceptors (Lipinski definition) is 10. The van der Waals surface area contributed by atoms with Gasteiger partial charge in [-0.05, 0) is 70.3 Å². The number of nitrogens with zero attached hydrogens (tertiary/aromatic N) is 8. The molecule has 0 radical (unpaired) electrons. The van der Waals surface area contributed by atoms with Crippen molar-refractivity contribution in [3.05, 3.63) is 52.5 Å². The Kier molecular flexibility index (Phi) is 12.8. The van der Waals surface area contributed by atoms with Crippen molar-refractivity contribution in [1.82, 2.24) is 40.0 Å². The summed E-state index contributed by atoms with van der Waals surface area (Å²) in [6.45, 7) is 12.5. The van der Waals surface area contributed by atoms with Crippen LogP contribution in [0.1, 0.15) is 102 Å². The number of hydrogen-bond donors (Lipinski definition) is 2. The first-order chi connectivity index (χ1) is 25.2. The van der Waals surface area contributed by atoms with Crippen LogP contribution in [0.2, 0.25) is 0 Å². The minimum Gasteiger partial charge on any atom is -0.504 e. The van der Waals surface area contributed by atoms with Gasteiger partial charge >= 0.3 is 6.18 Å². The summed E-state index contributed by atoms with van der Waals surface area (Å²) in [5.74, 6) is -2.27. The molecule has 0 spiro atoms. The number of carbonyl (C=O) groups excluding carboxylic acids is 2. The molecule has 1 saturated heterocycles. The number of aryl methyl sites for hydroxylation is 1. The molecular formula is C38H56F3N9O3. The second kappa shape index (κ2) is 16.9. The SMILES string of the molecule is CC/C=C(\CN1C2=NC(C3=CCCCC3)N(C)N2C(=O)C(N2CCN(C(=O)c3ncnc(C)c3O)CC2)=C1CC)NC(C)CC(C(C)CC)C(F)(F)F. The van der Waals surface area contributed by atoms with Crippen molar-refractivity contribution >= 4 is 17.8 Å². The summed E-state index contributed by atoms with van der Waals surface area (Å²) >= 11 is 0. The molecular weight excluding hydrogens is 687 g/mol. The number of aromatic nitrogens is 2. The van der Waals surface area contributed by atoms with Crippen molar-refractivity contribution in [2.24, 2.45) is 16.8 Å². The van der Waals surface area contributed by atoms with Crippen molar-refractivity contribution in [2.75, 3.05) is 39.8 Å². The number of rotatable bonds is 13. The predicted molar refractivity (Wildman–Crippen MR) is 197 cm³/mol. The van der Waals surface area contributed by atoms with Gasteiger partial charge < -0.3 is 25.1 Å². The maximum atomic E-state index is 14.7. The van der Waals surface area contributed by atoms with Crippen LogP contribution in [0.3, 0.4) is 0 Å². The molecule has 3 aliphatic heterocycles. The molecule has 4 aliphatic rings. The van der Waals surface area contributed by atoms with Crippen molar-refractivity contribution in [2.45, 2.75) is 111 Å². The Balaban J connectivity index is 1.46. The number of allylic oxidation sites excluding steroid dienone is 3. The van der Waals surface area contributed by atoms with Crippen LogP contribution in [0.15, 0.2) is 46.1 Å². The van der Waals surface area contributed by atoms with Gasteiger partial charge in [-0.25, -0.2) is 20.0 Å². The number of carbonyl (C=O) groups is 2. The first-order valence-corrected chi connectivity index (χ1v) is 19.1. The normalized spacial score (nSPS) is 22.1. The topological polar surface area (TPSA) is 121 Å². The number of amides is 2. The van der Waals surface area contributed by atoms with Crippen molar-refractivity contribution in [3.8, 4) is 5.75 Å². The van der Waals surface area contributed by atoms with E-state index in [1.165, 1.54) is 11.9 Å². The smallest absolute Gasteiger partial charge is 0.392 e. The van der Waals surface area contributed by atoms with E-state index in [-0.39, 0.29) is 36.5 Å². The molecule has 4 atom stereocenters. The highest BCUT2D eigenvalue weighted by Crippen LogP contribution is 2.38. The van der Waals surface area contributed by atoms with Crippen LogP contribution >= 0.6 is 0 Å². The Hall–Kier alpha value is -4.14. The second-order valence-electron chi connectivity index (χ2n) is 14.6. The molecule has 1 fully saturated rings. The quantitative estimate of drug-likeness (QED) is 0.237. The second-order valence-corrected chi connectivity index (χ2v) is 14.6. The monoisotopic (exact) mass is 743 g/mol. The van der Waals surface area contributed by atoms with Gasteiger partial charge in [-0.2, -0.15) is 18.2 Å². The number of nitrogens with one attached hydrogen (secondary N) is 1. The van der Waals surface area contributed by atoms with Gasteiger partial charge in [0.1, 0.15) is 18.2 Å². The fourth-order valence-electron chi connectivity index (χ4n) is 7.87. The van der Waals surface area contributed by atoms with E-state index in [9.17, 15) is 27.9 Å². The van der Waals surface area contributed by atoms with E-state index in [2.05, 4.69) is 21.4 Å².